The highest BCUT2D eigenvalue weighted by molar-refractivity contribution is 5.94. The summed E-state index contributed by atoms with van der Waals surface area (Å²) >= 11 is 0. The molecule has 0 saturated heterocycles. The Bertz CT molecular complexity index is 464. The van der Waals surface area contributed by atoms with Gasteiger partial charge in [-0.3, -0.25) is 4.79 Å². The minimum atomic E-state index is -0.0826. The summed E-state index contributed by atoms with van der Waals surface area (Å²) in [5, 5.41) is 11.5. The second kappa shape index (κ2) is 6.93. The maximum Gasteiger partial charge on any atom is 0.227 e. The summed E-state index contributed by atoms with van der Waals surface area (Å²) in [6.45, 7) is 6.47. The molecule has 0 saturated carbocycles. The Morgan fingerprint density at radius 2 is 1.90 bits per heavy atom. The third-order valence-corrected chi connectivity index (χ3v) is 2.77. The number of nitrogens with zero attached hydrogens (tertiary/aromatic N) is 2. The summed E-state index contributed by atoms with van der Waals surface area (Å²) in [6, 6.07) is 9.44. The molecule has 1 rings (SSSR count). The largest absolute Gasteiger partial charge is 0.409 e. The molecule has 0 heterocycles. The zero-order valence-corrected chi connectivity index (χ0v) is 12.3. The molecular weight excluding hydrogens is 254 g/mol. The molecule has 20 heavy (non-hydrogen) atoms. The van der Waals surface area contributed by atoms with E-state index in [-0.39, 0.29) is 17.2 Å². The van der Waals surface area contributed by atoms with Gasteiger partial charge in [0.25, 0.3) is 0 Å². The Morgan fingerprint density at radius 1 is 1.30 bits per heavy atom. The third-order valence-electron chi connectivity index (χ3n) is 2.77. The zero-order chi connectivity index (χ0) is 15.2. The number of carbonyl (C=O) groups is 1. The maximum absolute atomic E-state index is 12.4. The average molecular weight is 277 g/mol. The summed E-state index contributed by atoms with van der Waals surface area (Å²) in [7, 11) is 0. The molecule has 1 amide bonds. The molecule has 0 fully saturated rings. The summed E-state index contributed by atoms with van der Waals surface area (Å²) in [5.41, 5.74) is 6.23. The number of amides is 1. The van der Waals surface area contributed by atoms with Crippen molar-refractivity contribution < 1.29 is 10.0 Å². The summed E-state index contributed by atoms with van der Waals surface area (Å²) in [6.07, 6.45) is 0.777. The predicted molar refractivity (Wildman–Crippen MR) is 80.9 cm³/mol. The van der Waals surface area contributed by atoms with Crippen molar-refractivity contribution in [3.05, 3.63) is 30.3 Å². The van der Waals surface area contributed by atoms with E-state index >= 15 is 0 Å². The first-order valence-corrected chi connectivity index (χ1v) is 6.65. The number of para-hydroxylation sites is 1. The van der Waals surface area contributed by atoms with E-state index in [0.717, 1.165) is 5.69 Å². The van der Waals surface area contributed by atoms with E-state index in [1.807, 2.05) is 51.1 Å². The minimum Gasteiger partial charge on any atom is -0.409 e. The van der Waals surface area contributed by atoms with Gasteiger partial charge in [0, 0.05) is 25.1 Å². The Hall–Kier alpha value is -2.04. The summed E-state index contributed by atoms with van der Waals surface area (Å²) < 4.78 is 0. The van der Waals surface area contributed by atoms with Crippen molar-refractivity contribution in [1.82, 2.24) is 0 Å². The highest BCUT2D eigenvalue weighted by Crippen LogP contribution is 2.23. The van der Waals surface area contributed by atoms with Crippen LogP contribution in [0.15, 0.2) is 35.5 Å². The normalized spacial score (nSPS) is 12.2. The van der Waals surface area contributed by atoms with Gasteiger partial charge >= 0.3 is 0 Å². The number of rotatable bonds is 5. The molecular formula is C15H23N3O2. The molecule has 0 aromatic heterocycles. The molecule has 3 N–H and O–H groups in total. The Kier molecular flexibility index (Phi) is 5.55. The van der Waals surface area contributed by atoms with Gasteiger partial charge in [0.1, 0.15) is 5.84 Å². The highest BCUT2D eigenvalue weighted by atomic mass is 16.4. The fourth-order valence-electron chi connectivity index (χ4n) is 1.83. The monoisotopic (exact) mass is 277 g/mol. The van der Waals surface area contributed by atoms with Crippen molar-refractivity contribution in [2.45, 2.75) is 33.6 Å². The highest BCUT2D eigenvalue weighted by Gasteiger charge is 2.22. The van der Waals surface area contributed by atoms with Gasteiger partial charge in [-0.15, -0.1) is 0 Å². The van der Waals surface area contributed by atoms with Crippen molar-refractivity contribution in [2.24, 2.45) is 16.3 Å². The van der Waals surface area contributed by atoms with Crippen LogP contribution >= 0.6 is 0 Å². The molecule has 0 aliphatic heterocycles. The topological polar surface area (TPSA) is 78.9 Å². The number of anilines is 1. The second-order valence-electron chi connectivity index (χ2n) is 5.96. The van der Waals surface area contributed by atoms with Gasteiger partial charge in [0.15, 0.2) is 0 Å². The van der Waals surface area contributed by atoms with Crippen molar-refractivity contribution in [1.29, 1.82) is 0 Å². The van der Waals surface area contributed by atoms with Gasteiger partial charge in [-0.05, 0) is 17.5 Å². The minimum absolute atomic E-state index is 0.0365. The molecule has 0 aliphatic carbocycles. The zero-order valence-electron chi connectivity index (χ0n) is 12.3. The van der Waals surface area contributed by atoms with E-state index in [9.17, 15) is 4.79 Å². The first-order valence-electron chi connectivity index (χ1n) is 6.65. The molecule has 110 valence electrons. The van der Waals surface area contributed by atoms with Crippen LogP contribution in [0, 0.1) is 5.41 Å². The summed E-state index contributed by atoms with van der Waals surface area (Å²) in [4.78, 5) is 14.1. The summed E-state index contributed by atoms with van der Waals surface area (Å²) in [5.74, 6) is 0.156. The van der Waals surface area contributed by atoms with E-state index in [4.69, 9.17) is 10.9 Å². The van der Waals surface area contributed by atoms with Crippen LogP contribution < -0.4 is 10.6 Å². The van der Waals surface area contributed by atoms with Gasteiger partial charge in [-0.1, -0.05) is 44.1 Å². The van der Waals surface area contributed by atoms with Crippen LogP contribution in [0.1, 0.15) is 33.6 Å². The number of nitrogens with two attached hydrogens (primary N) is 1. The molecule has 1 aromatic rings. The third kappa shape index (κ3) is 5.30. The van der Waals surface area contributed by atoms with E-state index in [2.05, 4.69) is 5.16 Å². The van der Waals surface area contributed by atoms with E-state index in [0.29, 0.717) is 19.4 Å². The fourth-order valence-corrected chi connectivity index (χ4v) is 1.83. The molecule has 0 unspecified atom stereocenters. The van der Waals surface area contributed by atoms with Crippen molar-refractivity contribution in [3.63, 3.8) is 0 Å². The number of hydrogen-bond donors (Lipinski definition) is 2. The Balaban J connectivity index is 2.87. The van der Waals surface area contributed by atoms with E-state index < -0.39 is 0 Å². The molecule has 5 heteroatoms. The van der Waals surface area contributed by atoms with E-state index in [1.165, 1.54) is 0 Å². The number of benzene rings is 1. The van der Waals surface area contributed by atoms with Crippen LogP contribution in [0.2, 0.25) is 0 Å². The lowest BCUT2D eigenvalue weighted by atomic mass is 9.91. The molecule has 0 radical (unpaired) electrons. The smallest absolute Gasteiger partial charge is 0.227 e. The average Bonchev–Trinajstić information content (AvgIpc) is 2.37. The number of amidine groups is 1. The number of hydrogen-bond acceptors (Lipinski definition) is 3. The van der Waals surface area contributed by atoms with Crippen LogP contribution in [0.4, 0.5) is 5.69 Å². The predicted octanol–water partition coefficient (Wildman–Crippen LogP) is 2.59. The molecule has 1 aromatic carbocycles. The molecule has 0 spiro atoms. The van der Waals surface area contributed by atoms with Gasteiger partial charge in [0.2, 0.25) is 5.91 Å². The lowest BCUT2D eigenvalue weighted by molar-refractivity contribution is -0.120. The fraction of sp³-hybridized carbons (Fsp3) is 0.467. The Morgan fingerprint density at radius 3 is 2.40 bits per heavy atom. The SMILES string of the molecule is CC(C)(C)CC(=O)N(CC/C(N)=N/O)c1ccccc1. The molecule has 0 aliphatic rings. The second-order valence-corrected chi connectivity index (χ2v) is 5.96. The van der Waals surface area contributed by atoms with Crippen LogP contribution in [0.5, 0.6) is 0 Å². The van der Waals surface area contributed by atoms with Crippen LogP contribution in [0.3, 0.4) is 0 Å². The quantitative estimate of drug-likeness (QED) is 0.376. The number of carbonyl (C=O) groups excluding carboxylic acids is 1. The molecule has 5 nitrogen and oxygen atoms in total. The first-order chi connectivity index (χ1) is 9.33. The van der Waals surface area contributed by atoms with Crippen LogP contribution in [-0.2, 0) is 4.79 Å². The van der Waals surface area contributed by atoms with Crippen molar-refractivity contribution in [3.8, 4) is 0 Å². The molecule has 0 atom stereocenters. The van der Waals surface area contributed by atoms with Crippen LogP contribution in [0.25, 0.3) is 0 Å². The van der Waals surface area contributed by atoms with Gasteiger partial charge in [0.05, 0.1) is 0 Å². The van der Waals surface area contributed by atoms with Gasteiger partial charge in [-0.25, -0.2) is 0 Å². The van der Waals surface area contributed by atoms with E-state index in [1.54, 1.807) is 4.90 Å². The van der Waals surface area contributed by atoms with Gasteiger partial charge in [-0.2, -0.15) is 0 Å². The standard InChI is InChI=1S/C15H23N3O2/c1-15(2,3)11-14(19)18(10-9-13(16)17-20)12-7-5-4-6-8-12/h4-8,20H,9-11H2,1-3H3,(H2,16,17). The maximum atomic E-state index is 12.4. The molecule has 0 bridgehead atoms. The Labute approximate surface area is 120 Å². The lowest BCUT2D eigenvalue weighted by Crippen LogP contribution is -2.36. The van der Waals surface area contributed by atoms with Crippen molar-refractivity contribution in [2.75, 3.05) is 11.4 Å². The van der Waals surface area contributed by atoms with Gasteiger partial charge < -0.3 is 15.8 Å². The first kappa shape index (κ1) is 16.0. The number of oxime groups is 1. The lowest BCUT2D eigenvalue weighted by Gasteiger charge is -2.26. The van der Waals surface area contributed by atoms with Crippen LogP contribution in [-0.4, -0.2) is 23.5 Å². The van der Waals surface area contributed by atoms with Crippen molar-refractivity contribution >= 4 is 17.4 Å².